The van der Waals surface area contributed by atoms with Crippen molar-refractivity contribution in [3.8, 4) is 0 Å². The summed E-state index contributed by atoms with van der Waals surface area (Å²) >= 11 is 0. The lowest BCUT2D eigenvalue weighted by atomic mass is 10.2. The second-order valence-electron chi connectivity index (χ2n) is 3.88. The molecule has 0 radical (unpaired) electrons. The standard InChI is InChI=1S/C8H8O.C8H10O/c1-7(9)8-5-3-2-4-6-8;9-7-6-8-4-2-1-3-5-8/h2-6H,1H3;1-5,9H,6-7H2. The van der Waals surface area contributed by atoms with Gasteiger partial charge in [-0.05, 0) is 18.9 Å². The largest absolute Gasteiger partial charge is 0.396 e. The van der Waals surface area contributed by atoms with Gasteiger partial charge in [-0.1, -0.05) is 60.7 Å². The minimum atomic E-state index is 0.121. The van der Waals surface area contributed by atoms with Crippen molar-refractivity contribution in [2.75, 3.05) is 6.61 Å². The van der Waals surface area contributed by atoms with Gasteiger partial charge in [-0.2, -0.15) is 0 Å². The molecule has 2 heteroatoms. The molecule has 94 valence electrons. The zero-order chi connectivity index (χ0) is 13.2. The van der Waals surface area contributed by atoms with E-state index >= 15 is 0 Å². The van der Waals surface area contributed by atoms with E-state index in [0.717, 1.165) is 12.0 Å². The number of aliphatic hydroxyl groups excluding tert-OH is 1. The monoisotopic (exact) mass is 242 g/mol. The zero-order valence-corrected chi connectivity index (χ0v) is 10.5. The summed E-state index contributed by atoms with van der Waals surface area (Å²) in [5.41, 5.74) is 1.97. The number of carbonyl (C=O) groups excluding carboxylic acids is 1. The average Bonchev–Trinajstić information content (AvgIpc) is 2.42. The summed E-state index contributed by atoms with van der Waals surface area (Å²) < 4.78 is 0. The third-order valence-corrected chi connectivity index (χ3v) is 2.42. The van der Waals surface area contributed by atoms with E-state index < -0.39 is 0 Å². The smallest absolute Gasteiger partial charge is 0.159 e. The summed E-state index contributed by atoms with van der Waals surface area (Å²) in [7, 11) is 0. The first-order chi connectivity index (χ1) is 8.74. The van der Waals surface area contributed by atoms with Crippen molar-refractivity contribution < 1.29 is 9.90 Å². The molecule has 0 spiro atoms. The van der Waals surface area contributed by atoms with Gasteiger partial charge in [0, 0.05) is 12.2 Å². The molecule has 0 amide bonds. The molecule has 2 nitrogen and oxygen atoms in total. The summed E-state index contributed by atoms with van der Waals surface area (Å²) in [4.78, 5) is 10.6. The molecule has 0 heterocycles. The van der Waals surface area contributed by atoms with Crippen LogP contribution >= 0.6 is 0 Å². The minimum absolute atomic E-state index is 0.121. The van der Waals surface area contributed by atoms with Gasteiger partial charge in [-0.25, -0.2) is 0 Å². The van der Waals surface area contributed by atoms with Crippen molar-refractivity contribution in [1.29, 1.82) is 0 Å². The van der Waals surface area contributed by atoms with Crippen molar-refractivity contribution >= 4 is 5.78 Å². The highest BCUT2D eigenvalue weighted by Gasteiger charge is 1.92. The Balaban J connectivity index is 0.000000180. The highest BCUT2D eigenvalue weighted by Crippen LogP contribution is 1.98. The van der Waals surface area contributed by atoms with Gasteiger partial charge in [-0.3, -0.25) is 4.79 Å². The Bertz CT molecular complexity index is 449. The van der Waals surface area contributed by atoms with E-state index in [0.29, 0.717) is 0 Å². The Morgan fingerprint density at radius 3 is 1.83 bits per heavy atom. The van der Waals surface area contributed by atoms with Crippen LogP contribution < -0.4 is 0 Å². The fourth-order valence-electron chi connectivity index (χ4n) is 1.45. The van der Waals surface area contributed by atoms with E-state index in [-0.39, 0.29) is 12.4 Å². The lowest BCUT2D eigenvalue weighted by Crippen LogP contribution is -1.88. The molecule has 0 aromatic heterocycles. The molecule has 18 heavy (non-hydrogen) atoms. The van der Waals surface area contributed by atoms with Gasteiger partial charge in [0.15, 0.2) is 5.78 Å². The molecular formula is C16H18O2. The molecule has 0 bridgehead atoms. The van der Waals surface area contributed by atoms with E-state index in [2.05, 4.69) is 0 Å². The Labute approximate surface area is 108 Å². The summed E-state index contributed by atoms with van der Waals surface area (Å²) in [5.74, 6) is 0.121. The van der Waals surface area contributed by atoms with E-state index in [1.165, 1.54) is 5.56 Å². The van der Waals surface area contributed by atoms with Crippen LogP contribution in [0.25, 0.3) is 0 Å². The Morgan fingerprint density at radius 1 is 0.944 bits per heavy atom. The number of carbonyl (C=O) groups is 1. The maximum atomic E-state index is 10.6. The Kier molecular flexibility index (Phi) is 6.44. The fourth-order valence-corrected chi connectivity index (χ4v) is 1.45. The molecule has 0 saturated carbocycles. The van der Waals surface area contributed by atoms with Crippen LogP contribution in [-0.4, -0.2) is 17.5 Å². The van der Waals surface area contributed by atoms with Gasteiger partial charge in [0.25, 0.3) is 0 Å². The summed E-state index contributed by atoms with van der Waals surface area (Å²) in [5, 5.41) is 8.52. The lowest BCUT2D eigenvalue weighted by molar-refractivity contribution is 0.101. The van der Waals surface area contributed by atoms with Crippen LogP contribution in [0.5, 0.6) is 0 Å². The van der Waals surface area contributed by atoms with E-state index in [9.17, 15) is 4.79 Å². The second kappa shape index (κ2) is 8.20. The normalized spacial score (nSPS) is 9.22. The molecule has 0 unspecified atom stereocenters. The van der Waals surface area contributed by atoms with Crippen molar-refractivity contribution in [2.45, 2.75) is 13.3 Å². The quantitative estimate of drug-likeness (QED) is 0.840. The minimum Gasteiger partial charge on any atom is -0.396 e. The number of Topliss-reactive ketones (excluding diaryl/α,β-unsaturated/α-hetero) is 1. The van der Waals surface area contributed by atoms with Crippen molar-refractivity contribution in [1.82, 2.24) is 0 Å². The Morgan fingerprint density at radius 2 is 1.44 bits per heavy atom. The first kappa shape index (κ1) is 14.1. The molecule has 0 aliphatic heterocycles. The second-order valence-corrected chi connectivity index (χ2v) is 3.88. The number of aliphatic hydroxyl groups is 1. The number of hydrogen-bond acceptors (Lipinski definition) is 2. The maximum absolute atomic E-state index is 10.6. The molecule has 0 aliphatic rings. The predicted molar refractivity (Wildman–Crippen MR) is 73.7 cm³/mol. The topological polar surface area (TPSA) is 37.3 Å². The molecule has 2 aromatic rings. The SMILES string of the molecule is CC(=O)c1ccccc1.OCCc1ccccc1. The van der Waals surface area contributed by atoms with Gasteiger partial charge in [0.05, 0.1) is 0 Å². The van der Waals surface area contributed by atoms with Crippen LogP contribution in [0.4, 0.5) is 0 Å². The van der Waals surface area contributed by atoms with Crippen molar-refractivity contribution in [3.05, 3.63) is 71.8 Å². The van der Waals surface area contributed by atoms with E-state index in [1.807, 2.05) is 60.7 Å². The van der Waals surface area contributed by atoms with E-state index in [1.54, 1.807) is 6.92 Å². The highest BCUT2D eigenvalue weighted by atomic mass is 16.2. The van der Waals surface area contributed by atoms with Crippen LogP contribution in [0, 0.1) is 0 Å². The fraction of sp³-hybridized carbons (Fsp3) is 0.188. The molecule has 0 aliphatic carbocycles. The predicted octanol–water partition coefficient (Wildman–Crippen LogP) is 3.11. The van der Waals surface area contributed by atoms with Crippen LogP contribution in [0.2, 0.25) is 0 Å². The molecule has 0 atom stereocenters. The Hall–Kier alpha value is -1.93. The van der Waals surface area contributed by atoms with Gasteiger partial charge < -0.3 is 5.11 Å². The lowest BCUT2D eigenvalue weighted by Gasteiger charge is -1.93. The third-order valence-electron chi connectivity index (χ3n) is 2.42. The third kappa shape index (κ3) is 5.41. The van der Waals surface area contributed by atoms with Gasteiger partial charge in [0.2, 0.25) is 0 Å². The summed E-state index contributed by atoms with van der Waals surface area (Å²) in [6, 6.07) is 19.2. The number of rotatable bonds is 3. The molecule has 2 aromatic carbocycles. The molecule has 1 N–H and O–H groups in total. The first-order valence-electron chi connectivity index (χ1n) is 5.95. The average molecular weight is 242 g/mol. The summed E-state index contributed by atoms with van der Waals surface area (Å²) in [6.07, 6.45) is 0.765. The van der Waals surface area contributed by atoms with E-state index in [4.69, 9.17) is 5.11 Å². The molecule has 2 rings (SSSR count). The molecular weight excluding hydrogens is 224 g/mol. The highest BCUT2D eigenvalue weighted by molar-refractivity contribution is 5.93. The zero-order valence-electron chi connectivity index (χ0n) is 10.5. The summed E-state index contributed by atoms with van der Waals surface area (Å²) in [6.45, 7) is 1.80. The van der Waals surface area contributed by atoms with Crippen molar-refractivity contribution in [2.24, 2.45) is 0 Å². The molecule has 0 fully saturated rings. The van der Waals surface area contributed by atoms with Crippen LogP contribution in [0.1, 0.15) is 22.8 Å². The van der Waals surface area contributed by atoms with Crippen LogP contribution in [0.3, 0.4) is 0 Å². The molecule has 0 saturated heterocycles. The van der Waals surface area contributed by atoms with Crippen LogP contribution in [-0.2, 0) is 6.42 Å². The maximum Gasteiger partial charge on any atom is 0.159 e. The first-order valence-corrected chi connectivity index (χ1v) is 5.95. The number of ketones is 1. The van der Waals surface area contributed by atoms with Crippen molar-refractivity contribution in [3.63, 3.8) is 0 Å². The number of hydrogen-bond donors (Lipinski definition) is 1. The van der Waals surface area contributed by atoms with Crippen LogP contribution in [0.15, 0.2) is 60.7 Å². The van der Waals surface area contributed by atoms with Gasteiger partial charge in [-0.15, -0.1) is 0 Å². The van der Waals surface area contributed by atoms with Gasteiger partial charge in [0.1, 0.15) is 0 Å². The van der Waals surface area contributed by atoms with Gasteiger partial charge >= 0.3 is 0 Å². The number of benzene rings is 2.